The maximum Gasteiger partial charge on any atom is 0.101 e. The molecule has 2 rings (SSSR count). The molecular weight excluding hydrogens is 314 g/mol. The molecule has 0 amide bonds. The van der Waals surface area contributed by atoms with Crippen molar-refractivity contribution in [3.05, 3.63) is 32.0 Å². The van der Waals surface area contributed by atoms with Crippen molar-refractivity contribution in [2.45, 2.75) is 0 Å². The first-order chi connectivity index (χ1) is 6.24. The van der Waals surface area contributed by atoms with Crippen LogP contribution >= 0.6 is 43.2 Å². The lowest BCUT2D eigenvalue weighted by molar-refractivity contribution is 1.49. The normalized spacial score (nSPS) is 10.2. The Morgan fingerprint density at radius 2 is 2.08 bits per heavy atom. The summed E-state index contributed by atoms with van der Waals surface area (Å²) in [5.74, 6) is 0. The Morgan fingerprint density at radius 3 is 2.77 bits per heavy atom. The number of fused-ring (bicyclic) bond motifs is 1. The van der Waals surface area contributed by atoms with Crippen LogP contribution in [-0.4, -0.2) is 0 Å². The van der Waals surface area contributed by atoms with Gasteiger partial charge in [0.1, 0.15) is 6.07 Å². The summed E-state index contributed by atoms with van der Waals surface area (Å²) in [5.41, 5.74) is 0.708. The number of nitriles is 1. The van der Waals surface area contributed by atoms with Crippen LogP contribution in [0.2, 0.25) is 0 Å². The van der Waals surface area contributed by atoms with Crippen LogP contribution in [0.4, 0.5) is 0 Å². The van der Waals surface area contributed by atoms with Crippen molar-refractivity contribution in [3.8, 4) is 6.07 Å². The predicted octanol–water partition coefficient (Wildman–Crippen LogP) is 4.30. The number of nitrogens with zero attached hydrogens (tertiary/aromatic N) is 1. The topological polar surface area (TPSA) is 23.8 Å². The van der Waals surface area contributed by atoms with Gasteiger partial charge in [-0.3, -0.25) is 0 Å². The van der Waals surface area contributed by atoms with Gasteiger partial charge in [0.05, 0.1) is 5.56 Å². The lowest BCUT2D eigenvalue weighted by atomic mass is 10.1. The maximum absolute atomic E-state index is 8.94. The first-order valence-corrected chi connectivity index (χ1v) is 5.96. The van der Waals surface area contributed by atoms with Crippen molar-refractivity contribution in [1.82, 2.24) is 0 Å². The van der Waals surface area contributed by atoms with Crippen molar-refractivity contribution < 1.29 is 0 Å². The molecule has 64 valence electrons. The fraction of sp³-hybridized carbons (Fsp3) is 0. The molecule has 0 saturated heterocycles. The lowest BCUT2D eigenvalue weighted by Crippen LogP contribution is -1.79. The van der Waals surface area contributed by atoms with Crippen molar-refractivity contribution in [1.29, 1.82) is 5.26 Å². The van der Waals surface area contributed by atoms with Crippen molar-refractivity contribution >= 4 is 53.3 Å². The SMILES string of the molecule is N#Cc1c(Br)cc(Br)c2sccc12. The van der Waals surface area contributed by atoms with E-state index in [4.69, 9.17) is 5.26 Å². The zero-order chi connectivity index (χ0) is 9.42. The third-order valence-electron chi connectivity index (χ3n) is 1.76. The summed E-state index contributed by atoms with van der Waals surface area (Å²) in [7, 11) is 0. The van der Waals surface area contributed by atoms with E-state index in [0.717, 1.165) is 19.0 Å². The van der Waals surface area contributed by atoms with E-state index in [1.54, 1.807) is 11.3 Å². The molecule has 13 heavy (non-hydrogen) atoms. The molecule has 1 aromatic carbocycles. The molecular formula is C9H3Br2NS. The highest BCUT2D eigenvalue weighted by Crippen LogP contribution is 2.35. The first-order valence-electron chi connectivity index (χ1n) is 3.49. The van der Waals surface area contributed by atoms with E-state index in [0.29, 0.717) is 5.56 Å². The average molecular weight is 317 g/mol. The third kappa shape index (κ3) is 1.41. The summed E-state index contributed by atoms with van der Waals surface area (Å²) in [5, 5.41) is 11.9. The molecule has 1 nitrogen and oxygen atoms in total. The minimum absolute atomic E-state index is 0.708. The van der Waals surface area contributed by atoms with Gasteiger partial charge in [0, 0.05) is 19.0 Å². The minimum atomic E-state index is 0.708. The highest BCUT2D eigenvalue weighted by molar-refractivity contribution is 9.11. The Labute approximate surface area is 96.2 Å². The third-order valence-corrected chi connectivity index (χ3v) is 4.22. The summed E-state index contributed by atoms with van der Waals surface area (Å²) < 4.78 is 3.00. The van der Waals surface area contributed by atoms with Crippen molar-refractivity contribution in [2.75, 3.05) is 0 Å². The highest BCUT2D eigenvalue weighted by atomic mass is 79.9. The number of thiophene rings is 1. The monoisotopic (exact) mass is 315 g/mol. The van der Waals surface area contributed by atoms with Crippen molar-refractivity contribution in [2.24, 2.45) is 0 Å². The molecule has 1 heterocycles. The van der Waals surface area contributed by atoms with Crippen molar-refractivity contribution in [3.63, 3.8) is 0 Å². The zero-order valence-corrected chi connectivity index (χ0v) is 10.3. The molecule has 0 unspecified atom stereocenters. The molecule has 0 bridgehead atoms. The molecule has 0 aliphatic heterocycles. The highest BCUT2D eigenvalue weighted by Gasteiger charge is 2.09. The molecule has 0 radical (unpaired) electrons. The Balaban J connectivity index is 2.99. The van der Waals surface area contributed by atoms with Gasteiger partial charge >= 0.3 is 0 Å². The van der Waals surface area contributed by atoms with Crippen LogP contribution in [0, 0.1) is 11.3 Å². The zero-order valence-electron chi connectivity index (χ0n) is 6.34. The minimum Gasteiger partial charge on any atom is -0.192 e. The van der Waals surface area contributed by atoms with Gasteiger partial charge in [-0.05, 0) is 49.4 Å². The number of hydrogen-bond donors (Lipinski definition) is 0. The maximum atomic E-state index is 8.94. The van der Waals surface area contributed by atoms with E-state index in [-0.39, 0.29) is 0 Å². The van der Waals surface area contributed by atoms with E-state index >= 15 is 0 Å². The quantitative estimate of drug-likeness (QED) is 0.711. The fourth-order valence-electron chi connectivity index (χ4n) is 1.18. The van der Waals surface area contributed by atoms with Gasteiger partial charge in [-0.1, -0.05) is 0 Å². The summed E-state index contributed by atoms with van der Waals surface area (Å²) in [6.45, 7) is 0. The largest absolute Gasteiger partial charge is 0.192 e. The van der Waals surface area contributed by atoms with E-state index < -0.39 is 0 Å². The van der Waals surface area contributed by atoms with Crippen LogP contribution < -0.4 is 0 Å². The van der Waals surface area contributed by atoms with Gasteiger partial charge in [-0.2, -0.15) is 5.26 Å². The smallest absolute Gasteiger partial charge is 0.101 e. The number of rotatable bonds is 0. The van der Waals surface area contributed by atoms with E-state index in [9.17, 15) is 0 Å². The fourth-order valence-corrected chi connectivity index (χ4v) is 3.55. The van der Waals surface area contributed by atoms with Gasteiger partial charge in [-0.15, -0.1) is 11.3 Å². The van der Waals surface area contributed by atoms with Gasteiger partial charge in [0.25, 0.3) is 0 Å². The summed E-state index contributed by atoms with van der Waals surface area (Å²) in [4.78, 5) is 0. The molecule has 0 aliphatic rings. The Kier molecular flexibility index (Phi) is 2.41. The van der Waals surface area contributed by atoms with E-state index in [2.05, 4.69) is 37.9 Å². The molecule has 0 aliphatic carbocycles. The summed E-state index contributed by atoms with van der Waals surface area (Å²) in [6, 6.07) is 6.07. The molecule has 0 atom stereocenters. The Bertz CT molecular complexity index is 510. The summed E-state index contributed by atoms with van der Waals surface area (Å²) in [6.07, 6.45) is 0. The molecule has 0 saturated carbocycles. The molecule has 1 aromatic heterocycles. The molecule has 4 heteroatoms. The van der Waals surface area contributed by atoms with Gasteiger partial charge in [0.15, 0.2) is 0 Å². The number of benzene rings is 1. The van der Waals surface area contributed by atoms with Crippen LogP contribution in [0.25, 0.3) is 10.1 Å². The second kappa shape index (κ2) is 3.41. The van der Waals surface area contributed by atoms with Crippen LogP contribution in [0.5, 0.6) is 0 Å². The number of hydrogen-bond acceptors (Lipinski definition) is 2. The van der Waals surface area contributed by atoms with Gasteiger partial charge in [0.2, 0.25) is 0 Å². The summed E-state index contributed by atoms with van der Waals surface area (Å²) >= 11 is 8.46. The molecule has 0 spiro atoms. The Hall–Kier alpha value is -0.370. The molecule has 0 N–H and O–H groups in total. The van der Waals surface area contributed by atoms with E-state index in [1.165, 1.54) is 0 Å². The average Bonchev–Trinajstić information content (AvgIpc) is 2.53. The van der Waals surface area contributed by atoms with Gasteiger partial charge < -0.3 is 0 Å². The standard InChI is InChI=1S/C9H3Br2NS/c10-7-3-8(11)9-5(1-2-13-9)6(7)4-12/h1-3H. The van der Waals surface area contributed by atoms with Crippen LogP contribution in [-0.2, 0) is 0 Å². The van der Waals surface area contributed by atoms with E-state index in [1.807, 2.05) is 17.5 Å². The molecule has 2 aromatic rings. The second-order valence-electron chi connectivity index (χ2n) is 2.49. The van der Waals surface area contributed by atoms with Crippen LogP contribution in [0.15, 0.2) is 26.5 Å². The first kappa shape index (κ1) is 9.20. The molecule has 0 fully saturated rings. The number of halogens is 2. The van der Waals surface area contributed by atoms with Gasteiger partial charge in [-0.25, -0.2) is 0 Å². The van der Waals surface area contributed by atoms with Crippen LogP contribution in [0.1, 0.15) is 5.56 Å². The van der Waals surface area contributed by atoms with Crippen LogP contribution in [0.3, 0.4) is 0 Å². The lowest BCUT2D eigenvalue weighted by Gasteiger charge is -1.99. The second-order valence-corrected chi connectivity index (χ2v) is 5.12. The predicted molar refractivity (Wildman–Crippen MR) is 61.9 cm³/mol. The Morgan fingerprint density at radius 1 is 1.31 bits per heavy atom.